The molecule has 2 N–H and O–H groups in total. The molecule has 2 aromatic rings. The third kappa shape index (κ3) is 4.41. The molecular weight excluding hydrogens is 326 g/mol. The molecule has 0 amide bonds. The zero-order valence-corrected chi connectivity index (χ0v) is 14.1. The van der Waals surface area contributed by atoms with E-state index in [9.17, 15) is 10.1 Å². The molecule has 10 heteroatoms. The summed E-state index contributed by atoms with van der Waals surface area (Å²) in [6.45, 7) is 5.30. The van der Waals surface area contributed by atoms with Gasteiger partial charge in [0.25, 0.3) is 0 Å². The van der Waals surface area contributed by atoms with Crippen molar-refractivity contribution in [1.29, 1.82) is 0 Å². The van der Waals surface area contributed by atoms with Crippen LogP contribution in [-0.2, 0) is 0 Å². The van der Waals surface area contributed by atoms with Crippen molar-refractivity contribution in [2.45, 2.75) is 26.2 Å². The topological polar surface area (TPSA) is 122 Å². The monoisotopic (exact) mass is 347 g/mol. The molecule has 1 aliphatic rings. The summed E-state index contributed by atoms with van der Waals surface area (Å²) < 4.78 is 4.95. The second-order valence-electron chi connectivity index (χ2n) is 5.95. The van der Waals surface area contributed by atoms with Crippen LogP contribution in [0.25, 0.3) is 0 Å². The van der Waals surface area contributed by atoms with Crippen molar-refractivity contribution in [3.8, 4) is 0 Å². The number of hydrogen-bond donors (Lipinski definition) is 2. The van der Waals surface area contributed by atoms with Gasteiger partial charge in [-0.3, -0.25) is 10.1 Å². The highest BCUT2D eigenvalue weighted by molar-refractivity contribution is 5.72. The smallest absolute Gasteiger partial charge is 0.353 e. The van der Waals surface area contributed by atoms with Gasteiger partial charge in [-0.25, -0.2) is 9.97 Å². The molecule has 3 heterocycles. The van der Waals surface area contributed by atoms with Crippen LogP contribution in [0.5, 0.6) is 0 Å². The maximum Gasteiger partial charge on any atom is 0.353 e. The largest absolute Gasteiger partial charge is 0.363 e. The molecule has 0 saturated carbocycles. The molecule has 1 aliphatic heterocycles. The molecule has 0 atom stereocenters. The number of aryl methyl sites for hydroxylation is 1. The zero-order valence-electron chi connectivity index (χ0n) is 14.1. The number of nitrogens with zero attached hydrogens (tertiary/aromatic N) is 5. The number of likely N-dealkylation sites (tertiary alicyclic amines) is 1. The van der Waals surface area contributed by atoms with Gasteiger partial charge in [0.05, 0.1) is 4.92 Å². The van der Waals surface area contributed by atoms with Crippen LogP contribution in [0.1, 0.15) is 25.0 Å². The molecule has 25 heavy (non-hydrogen) atoms. The number of rotatable bonds is 7. The van der Waals surface area contributed by atoms with E-state index < -0.39 is 4.92 Å². The van der Waals surface area contributed by atoms with Gasteiger partial charge >= 0.3 is 5.69 Å². The molecule has 2 aromatic heterocycles. The first kappa shape index (κ1) is 17.1. The predicted molar refractivity (Wildman–Crippen MR) is 92.0 cm³/mol. The molecule has 0 aromatic carbocycles. The predicted octanol–water partition coefficient (Wildman–Crippen LogP) is 2.32. The van der Waals surface area contributed by atoms with E-state index in [0.717, 1.165) is 19.6 Å². The van der Waals surface area contributed by atoms with E-state index in [1.807, 2.05) is 0 Å². The lowest BCUT2D eigenvalue weighted by atomic mass is 10.1. The minimum Gasteiger partial charge on any atom is -0.363 e. The third-order valence-electron chi connectivity index (χ3n) is 4.05. The molecule has 0 bridgehead atoms. The fourth-order valence-corrected chi connectivity index (χ4v) is 2.83. The minimum absolute atomic E-state index is 0.0776. The van der Waals surface area contributed by atoms with E-state index in [1.165, 1.54) is 25.6 Å². The number of anilines is 3. The maximum atomic E-state index is 11.5. The van der Waals surface area contributed by atoms with Crippen molar-refractivity contribution >= 4 is 23.1 Å². The molecule has 10 nitrogen and oxygen atoms in total. The molecule has 0 radical (unpaired) electrons. The van der Waals surface area contributed by atoms with Crippen molar-refractivity contribution in [2.24, 2.45) is 0 Å². The molecular formula is C15H21N7O3. The fourth-order valence-electron chi connectivity index (χ4n) is 2.83. The molecule has 0 spiro atoms. The fraction of sp³-hybridized carbons (Fsp3) is 0.533. The summed E-state index contributed by atoms with van der Waals surface area (Å²) in [5, 5.41) is 21.1. The Kier molecular flexibility index (Phi) is 5.39. The summed E-state index contributed by atoms with van der Waals surface area (Å²) >= 11 is 0. The standard InChI is InChI=1S/C15H21N7O3/c1-11-9-12(20-25-11)19-15-13(22(23)24)14(17-10-18-15)16-5-8-21-6-3-2-4-7-21/h9-10H,2-8H2,1H3,(H2,16,17,18,19,20). The summed E-state index contributed by atoms with van der Waals surface area (Å²) in [5.41, 5.74) is -0.207. The molecule has 1 fully saturated rings. The number of hydrogen-bond acceptors (Lipinski definition) is 9. The number of piperidine rings is 1. The van der Waals surface area contributed by atoms with Crippen LogP contribution in [0.15, 0.2) is 16.9 Å². The van der Waals surface area contributed by atoms with E-state index in [-0.39, 0.29) is 17.3 Å². The highest BCUT2D eigenvalue weighted by Gasteiger charge is 2.24. The van der Waals surface area contributed by atoms with Crippen LogP contribution in [0.3, 0.4) is 0 Å². The minimum atomic E-state index is -0.501. The summed E-state index contributed by atoms with van der Waals surface area (Å²) in [7, 11) is 0. The van der Waals surface area contributed by atoms with Crippen LogP contribution in [0.4, 0.5) is 23.1 Å². The van der Waals surface area contributed by atoms with Gasteiger partial charge in [0.15, 0.2) is 5.82 Å². The summed E-state index contributed by atoms with van der Waals surface area (Å²) in [6, 6.07) is 1.63. The highest BCUT2D eigenvalue weighted by Crippen LogP contribution is 2.30. The second-order valence-corrected chi connectivity index (χ2v) is 5.95. The quantitative estimate of drug-likeness (QED) is 0.573. The van der Waals surface area contributed by atoms with E-state index >= 15 is 0 Å². The number of nitrogens with one attached hydrogen (secondary N) is 2. The van der Waals surface area contributed by atoms with Gasteiger partial charge in [0.2, 0.25) is 11.6 Å². The van der Waals surface area contributed by atoms with Gasteiger partial charge in [-0.15, -0.1) is 0 Å². The Morgan fingerprint density at radius 3 is 2.72 bits per heavy atom. The van der Waals surface area contributed by atoms with E-state index in [0.29, 0.717) is 18.1 Å². The summed E-state index contributed by atoms with van der Waals surface area (Å²) in [5.74, 6) is 1.23. The maximum absolute atomic E-state index is 11.5. The van der Waals surface area contributed by atoms with Crippen LogP contribution >= 0.6 is 0 Å². The Hall–Kier alpha value is -2.75. The van der Waals surface area contributed by atoms with Gasteiger partial charge < -0.3 is 20.1 Å². The highest BCUT2D eigenvalue weighted by atomic mass is 16.6. The zero-order chi connectivity index (χ0) is 17.6. The van der Waals surface area contributed by atoms with Crippen LogP contribution in [0, 0.1) is 17.0 Å². The Balaban J connectivity index is 1.69. The molecule has 3 rings (SSSR count). The lowest BCUT2D eigenvalue weighted by Gasteiger charge is -2.26. The van der Waals surface area contributed by atoms with Crippen LogP contribution < -0.4 is 10.6 Å². The van der Waals surface area contributed by atoms with Gasteiger partial charge in [0, 0.05) is 19.2 Å². The first-order valence-corrected chi connectivity index (χ1v) is 8.29. The normalized spacial score (nSPS) is 15.1. The first-order chi connectivity index (χ1) is 12.1. The van der Waals surface area contributed by atoms with Crippen LogP contribution in [0.2, 0.25) is 0 Å². The number of nitro groups is 1. The Labute approximate surface area is 144 Å². The van der Waals surface area contributed by atoms with Crippen molar-refractivity contribution in [3.05, 3.63) is 28.3 Å². The second kappa shape index (κ2) is 7.88. The summed E-state index contributed by atoms with van der Waals surface area (Å²) in [6.07, 6.45) is 4.97. The number of aromatic nitrogens is 3. The molecule has 1 saturated heterocycles. The average Bonchev–Trinajstić information content (AvgIpc) is 3.00. The Bertz CT molecular complexity index is 728. The van der Waals surface area contributed by atoms with Crippen molar-refractivity contribution in [3.63, 3.8) is 0 Å². The van der Waals surface area contributed by atoms with Gasteiger partial charge in [-0.05, 0) is 32.9 Å². The van der Waals surface area contributed by atoms with Crippen LogP contribution in [-0.4, -0.2) is 51.1 Å². The third-order valence-corrected chi connectivity index (χ3v) is 4.05. The van der Waals surface area contributed by atoms with E-state index in [2.05, 4.69) is 30.7 Å². The van der Waals surface area contributed by atoms with Gasteiger partial charge in [-0.2, -0.15) is 0 Å². The average molecular weight is 347 g/mol. The van der Waals surface area contributed by atoms with Gasteiger partial charge in [-0.1, -0.05) is 11.6 Å². The molecule has 134 valence electrons. The van der Waals surface area contributed by atoms with Crippen molar-refractivity contribution < 1.29 is 9.45 Å². The SMILES string of the molecule is Cc1cc(Nc2ncnc(NCCN3CCCCC3)c2[N+](=O)[O-])no1. The van der Waals surface area contributed by atoms with Gasteiger partial charge in [0.1, 0.15) is 12.1 Å². The van der Waals surface area contributed by atoms with E-state index in [4.69, 9.17) is 4.52 Å². The van der Waals surface area contributed by atoms with E-state index in [1.54, 1.807) is 13.0 Å². The lowest BCUT2D eigenvalue weighted by molar-refractivity contribution is -0.383. The lowest BCUT2D eigenvalue weighted by Crippen LogP contribution is -2.33. The van der Waals surface area contributed by atoms with Crippen molar-refractivity contribution in [2.75, 3.05) is 36.8 Å². The molecule has 0 aliphatic carbocycles. The molecule has 0 unspecified atom stereocenters. The Morgan fingerprint density at radius 2 is 2.04 bits per heavy atom. The Morgan fingerprint density at radius 1 is 1.28 bits per heavy atom. The summed E-state index contributed by atoms with van der Waals surface area (Å²) in [4.78, 5) is 21.3. The van der Waals surface area contributed by atoms with Crippen molar-refractivity contribution in [1.82, 2.24) is 20.0 Å². The first-order valence-electron chi connectivity index (χ1n) is 8.29.